The van der Waals surface area contributed by atoms with Gasteiger partial charge in [-0.05, 0) is 53.7 Å². The van der Waals surface area contributed by atoms with Gasteiger partial charge in [-0.1, -0.05) is 11.8 Å². The summed E-state index contributed by atoms with van der Waals surface area (Å²) in [6, 6.07) is 12.5. The van der Waals surface area contributed by atoms with Gasteiger partial charge < -0.3 is 14.2 Å². The van der Waals surface area contributed by atoms with Gasteiger partial charge in [-0.15, -0.1) is 5.10 Å². The maximum Gasteiger partial charge on any atom is 0.214 e. The topological polar surface area (TPSA) is 88.4 Å². The van der Waals surface area contributed by atoms with Crippen molar-refractivity contribution in [3.63, 3.8) is 0 Å². The summed E-state index contributed by atoms with van der Waals surface area (Å²) >= 11 is 1.25. The van der Waals surface area contributed by atoms with Crippen molar-refractivity contribution in [3.05, 3.63) is 48.0 Å². The number of hydrogen-bond donors (Lipinski definition) is 0. The fraction of sp³-hybridized carbons (Fsp3) is 0.263. The smallest absolute Gasteiger partial charge is 0.214 e. The number of aromatic nitrogens is 4. The largest absolute Gasteiger partial charge is 0.497 e. The quantitative estimate of drug-likeness (QED) is 0.400. The van der Waals surface area contributed by atoms with E-state index in [-0.39, 0.29) is 11.5 Å². The number of Topliss-reactive ketones (excluding diaryl/α,β-unsaturated/α-hetero) is 1. The molecule has 0 unspecified atom stereocenters. The van der Waals surface area contributed by atoms with Crippen LogP contribution >= 0.6 is 11.8 Å². The molecule has 28 heavy (non-hydrogen) atoms. The summed E-state index contributed by atoms with van der Waals surface area (Å²) in [5.41, 5.74) is 1.27. The molecular weight excluding hydrogens is 380 g/mol. The lowest BCUT2D eigenvalue weighted by Gasteiger charge is -2.09. The summed E-state index contributed by atoms with van der Waals surface area (Å²) in [4.78, 5) is 12.6. The number of ketones is 1. The van der Waals surface area contributed by atoms with E-state index in [0.717, 1.165) is 11.4 Å². The number of thioether (sulfide) groups is 1. The van der Waals surface area contributed by atoms with Gasteiger partial charge in [0, 0.05) is 6.07 Å². The van der Waals surface area contributed by atoms with Gasteiger partial charge in [0.25, 0.3) is 0 Å². The van der Waals surface area contributed by atoms with Crippen LogP contribution in [0, 0.1) is 0 Å². The third kappa shape index (κ3) is 4.42. The van der Waals surface area contributed by atoms with Crippen molar-refractivity contribution in [2.24, 2.45) is 0 Å². The van der Waals surface area contributed by atoms with Crippen molar-refractivity contribution in [3.8, 4) is 22.9 Å². The molecule has 0 N–H and O–H groups in total. The third-order valence-electron chi connectivity index (χ3n) is 3.87. The van der Waals surface area contributed by atoms with Crippen molar-refractivity contribution < 1.29 is 19.0 Å². The van der Waals surface area contributed by atoms with Gasteiger partial charge >= 0.3 is 0 Å². The highest BCUT2D eigenvalue weighted by molar-refractivity contribution is 7.99. The minimum atomic E-state index is -0.0919. The van der Waals surface area contributed by atoms with Crippen molar-refractivity contribution in [1.29, 1.82) is 0 Å². The molecule has 0 bridgehead atoms. The van der Waals surface area contributed by atoms with E-state index in [1.807, 2.05) is 31.2 Å². The fourth-order valence-corrected chi connectivity index (χ4v) is 3.29. The van der Waals surface area contributed by atoms with Crippen LogP contribution in [0.4, 0.5) is 0 Å². The molecule has 0 fully saturated rings. The van der Waals surface area contributed by atoms with Crippen molar-refractivity contribution >= 4 is 17.5 Å². The Labute approximate surface area is 166 Å². The van der Waals surface area contributed by atoms with Crippen molar-refractivity contribution in [2.75, 3.05) is 26.6 Å². The Balaban J connectivity index is 1.72. The Kier molecular flexibility index (Phi) is 6.49. The van der Waals surface area contributed by atoms with Gasteiger partial charge in [0.2, 0.25) is 5.16 Å². The van der Waals surface area contributed by atoms with Gasteiger partial charge in [0.05, 0.1) is 37.8 Å². The lowest BCUT2D eigenvalue weighted by molar-refractivity contribution is 0.101. The Morgan fingerprint density at radius 1 is 1.07 bits per heavy atom. The average Bonchev–Trinajstić information content (AvgIpc) is 3.21. The molecular formula is C19H20N4O4S. The van der Waals surface area contributed by atoms with Crippen LogP contribution in [-0.4, -0.2) is 52.6 Å². The summed E-state index contributed by atoms with van der Waals surface area (Å²) in [7, 11) is 3.08. The summed E-state index contributed by atoms with van der Waals surface area (Å²) < 4.78 is 17.5. The second kappa shape index (κ2) is 9.23. The first-order valence-corrected chi connectivity index (χ1v) is 9.54. The van der Waals surface area contributed by atoms with Crippen LogP contribution in [0.5, 0.6) is 17.2 Å². The second-order valence-electron chi connectivity index (χ2n) is 5.58. The van der Waals surface area contributed by atoms with Gasteiger partial charge in [0.15, 0.2) is 5.78 Å². The zero-order valence-corrected chi connectivity index (χ0v) is 16.6. The Bertz CT molecular complexity index is 943. The predicted octanol–water partition coefficient (Wildman–Crippen LogP) is 3.05. The summed E-state index contributed by atoms with van der Waals surface area (Å²) in [5.74, 6) is 1.94. The number of hydrogen-bond acceptors (Lipinski definition) is 8. The standard InChI is InChI=1S/C19H20N4O4S/c1-4-27-14-7-5-13(6-8-14)23-19(20-21-22-23)28-12-17(24)16-10-9-15(25-2)11-18(16)26-3/h5-11H,4,12H2,1-3H3. The number of methoxy groups -OCH3 is 2. The molecule has 1 heterocycles. The normalized spacial score (nSPS) is 10.5. The number of benzene rings is 2. The maximum absolute atomic E-state index is 12.6. The zero-order valence-electron chi connectivity index (χ0n) is 15.8. The zero-order chi connectivity index (χ0) is 19.9. The van der Waals surface area contributed by atoms with Crippen LogP contribution in [0.25, 0.3) is 5.69 Å². The van der Waals surface area contributed by atoms with Crippen LogP contribution in [0.1, 0.15) is 17.3 Å². The second-order valence-corrected chi connectivity index (χ2v) is 6.52. The number of ether oxygens (including phenoxy) is 3. The first kappa shape index (κ1) is 19.7. The molecule has 0 saturated heterocycles. The monoisotopic (exact) mass is 400 g/mol. The minimum Gasteiger partial charge on any atom is -0.497 e. The highest BCUT2D eigenvalue weighted by atomic mass is 32.2. The number of nitrogens with zero attached hydrogens (tertiary/aromatic N) is 4. The first-order chi connectivity index (χ1) is 13.7. The lowest BCUT2D eigenvalue weighted by atomic mass is 10.1. The van der Waals surface area contributed by atoms with E-state index >= 15 is 0 Å². The molecule has 3 rings (SSSR count). The average molecular weight is 400 g/mol. The summed E-state index contributed by atoms with van der Waals surface area (Å²) in [6.45, 7) is 2.53. The fourth-order valence-electron chi connectivity index (χ4n) is 2.52. The predicted molar refractivity (Wildman–Crippen MR) is 105 cm³/mol. The van der Waals surface area contributed by atoms with E-state index in [0.29, 0.717) is 28.8 Å². The number of carbonyl (C=O) groups excluding carboxylic acids is 1. The molecule has 0 aliphatic heterocycles. The molecule has 8 nitrogen and oxygen atoms in total. The molecule has 0 radical (unpaired) electrons. The molecule has 0 aliphatic carbocycles. The third-order valence-corrected chi connectivity index (χ3v) is 4.79. The van der Waals surface area contributed by atoms with Crippen LogP contribution < -0.4 is 14.2 Å². The molecule has 3 aromatic rings. The van der Waals surface area contributed by atoms with Crippen LogP contribution in [0.3, 0.4) is 0 Å². The highest BCUT2D eigenvalue weighted by Gasteiger charge is 2.16. The first-order valence-electron chi connectivity index (χ1n) is 8.56. The van der Waals surface area contributed by atoms with Gasteiger partial charge in [-0.3, -0.25) is 4.79 Å². The van der Waals surface area contributed by atoms with E-state index in [9.17, 15) is 4.79 Å². The molecule has 0 spiro atoms. The van der Waals surface area contributed by atoms with Gasteiger partial charge in [-0.2, -0.15) is 4.68 Å². The van der Waals surface area contributed by atoms with E-state index in [2.05, 4.69) is 15.5 Å². The molecule has 0 amide bonds. The van der Waals surface area contributed by atoms with Crippen LogP contribution in [-0.2, 0) is 0 Å². The van der Waals surface area contributed by atoms with E-state index < -0.39 is 0 Å². The van der Waals surface area contributed by atoms with Crippen LogP contribution in [0.15, 0.2) is 47.6 Å². The SMILES string of the molecule is CCOc1ccc(-n2nnnc2SCC(=O)c2ccc(OC)cc2OC)cc1. The molecule has 0 atom stereocenters. The molecule has 146 valence electrons. The Morgan fingerprint density at radius 2 is 1.82 bits per heavy atom. The van der Waals surface area contributed by atoms with E-state index in [1.165, 1.54) is 18.9 Å². The lowest BCUT2D eigenvalue weighted by Crippen LogP contribution is -2.07. The van der Waals surface area contributed by atoms with E-state index in [1.54, 1.807) is 30.0 Å². The molecule has 9 heteroatoms. The summed E-state index contributed by atoms with van der Waals surface area (Å²) in [5, 5.41) is 12.3. The maximum atomic E-state index is 12.6. The molecule has 0 aliphatic rings. The van der Waals surface area contributed by atoms with Crippen molar-refractivity contribution in [1.82, 2.24) is 20.2 Å². The summed E-state index contributed by atoms with van der Waals surface area (Å²) in [6.07, 6.45) is 0. The van der Waals surface area contributed by atoms with E-state index in [4.69, 9.17) is 14.2 Å². The highest BCUT2D eigenvalue weighted by Crippen LogP contribution is 2.27. The van der Waals surface area contributed by atoms with Gasteiger partial charge in [0.1, 0.15) is 17.2 Å². The number of tetrazole rings is 1. The van der Waals surface area contributed by atoms with Crippen LogP contribution in [0.2, 0.25) is 0 Å². The number of carbonyl (C=O) groups is 1. The molecule has 2 aromatic carbocycles. The Hall–Kier alpha value is -3.07. The molecule has 0 saturated carbocycles. The minimum absolute atomic E-state index is 0.0919. The van der Waals surface area contributed by atoms with Gasteiger partial charge in [-0.25, -0.2) is 0 Å². The number of rotatable bonds is 9. The molecule has 1 aromatic heterocycles. The Morgan fingerprint density at radius 3 is 2.50 bits per heavy atom. The van der Waals surface area contributed by atoms with Crippen molar-refractivity contribution in [2.45, 2.75) is 12.1 Å².